The van der Waals surface area contributed by atoms with Gasteiger partial charge in [0.15, 0.2) is 15.5 Å². The van der Waals surface area contributed by atoms with Crippen LogP contribution in [-0.2, 0) is 20.3 Å². The number of alkyl halides is 7. The van der Waals surface area contributed by atoms with E-state index in [0.717, 1.165) is 30.5 Å². The van der Waals surface area contributed by atoms with Gasteiger partial charge in [-0.05, 0) is 55.5 Å². The summed E-state index contributed by atoms with van der Waals surface area (Å²) >= 11 is 0. The van der Waals surface area contributed by atoms with Crippen LogP contribution < -0.4 is 0 Å². The Bertz CT molecular complexity index is 1480. The second-order valence-electron chi connectivity index (χ2n) is 9.30. The fraction of sp³-hybridized carbons (Fsp3) is 0.375. The number of carboxylic acids is 1. The Morgan fingerprint density at radius 3 is 1.88 bits per heavy atom. The first kappa shape index (κ1) is 29.4. The first-order chi connectivity index (χ1) is 18.4. The second kappa shape index (κ2) is 9.82. The summed E-state index contributed by atoms with van der Waals surface area (Å²) in [6, 6.07) is 5.09. The molecule has 40 heavy (non-hydrogen) atoms. The van der Waals surface area contributed by atoms with E-state index in [-0.39, 0.29) is 54.0 Å². The molecule has 7 nitrogen and oxygen atoms in total. The molecule has 16 heteroatoms. The van der Waals surface area contributed by atoms with Gasteiger partial charge in [0.1, 0.15) is 10.6 Å². The topological polar surface area (TPSA) is 102 Å². The Kier molecular flexibility index (Phi) is 7.22. The number of aromatic carboxylic acids is 1. The number of benzene rings is 2. The molecule has 1 aliphatic rings. The maximum atomic E-state index is 14.6. The lowest BCUT2D eigenvalue weighted by Gasteiger charge is -2.40. The predicted molar refractivity (Wildman–Crippen MR) is 121 cm³/mol. The van der Waals surface area contributed by atoms with Crippen molar-refractivity contribution in [2.75, 3.05) is 0 Å². The minimum Gasteiger partial charge on any atom is -0.476 e. The maximum absolute atomic E-state index is 14.6. The highest BCUT2D eigenvalue weighted by atomic mass is 32.2. The molecule has 0 aliphatic heterocycles. The summed E-state index contributed by atoms with van der Waals surface area (Å²) in [5, 5.41) is 16.3. The minimum absolute atomic E-state index is 0.0305. The number of aromatic nitrogens is 3. The monoisotopic (exact) mass is 597 g/mol. The van der Waals surface area contributed by atoms with Crippen molar-refractivity contribution in [2.24, 2.45) is 0 Å². The molecule has 1 aliphatic carbocycles. The Balaban J connectivity index is 1.79. The van der Waals surface area contributed by atoms with E-state index in [1.54, 1.807) is 0 Å². The number of halogens is 8. The predicted octanol–water partition coefficient (Wildman–Crippen LogP) is 5.89. The zero-order chi connectivity index (χ0) is 29.7. The van der Waals surface area contributed by atoms with Crippen molar-refractivity contribution in [3.05, 3.63) is 77.4 Å². The minimum atomic E-state index is -6.35. The van der Waals surface area contributed by atoms with E-state index in [9.17, 15) is 48.3 Å². The van der Waals surface area contributed by atoms with Crippen molar-refractivity contribution < 1.29 is 53.4 Å². The molecule has 2 aromatic carbocycles. The third kappa shape index (κ3) is 4.71. The highest BCUT2D eigenvalue weighted by Gasteiger charge is 2.73. The van der Waals surface area contributed by atoms with Crippen molar-refractivity contribution >= 4 is 15.8 Å². The van der Waals surface area contributed by atoms with Gasteiger partial charge in [-0.15, -0.1) is 5.10 Å². The molecule has 1 saturated carbocycles. The van der Waals surface area contributed by atoms with Crippen molar-refractivity contribution in [2.45, 2.75) is 59.4 Å². The fourth-order valence-electron chi connectivity index (χ4n) is 4.93. The van der Waals surface area contributed by atoms with Crippen molar-refractivity contribution in [3.8, 4) is 0 Å². The van der Waals surface area contributed by atoms with E-state index in [1.165, 1.54) is 4.68 Å². The number of hydrogen-bond donors (Lipinski definition) is 1. The summed E-state index contributed by atoms with van der Waals surface area (Å²) < 4.78 is 135. The number of sulfone groups is 1. The van der Waals surface area contributed by atoms with Gasteiger partial charge in [0.05, 0.1) is 17.1 Å². The molecule has 216 valence electrons. The number of carbonyl (C=O) groups is 1. The molecular weight excluding hydrogens is 578 g/mol. The molecule has 0 atom stereocenters. The van der Waals surface area contributed by atoms with Gasteiger partial charge in [-0.25, -0.2) is 26.7 Å². The zero-order valence-corrected chi connectivity index (χ0v) is 20.9. The van der Waals surface area contributed by atoms with E-state index in [4.69, 9.17) is 5.11 Å². The first-order valence-corrected chi connectivity index (χ1v) is 13.0. The van der Waals surface area contributed by atoms with Gasteiger partial charge < -0.3 is 5.11 Å². The maximum Gasteiger partial charge on any atom is 0.435 e. The molecule has 1 N–H and O–H groups in total. The third-order valence-corrected chi connectivity index (χ3v) is 9.66. The van der Waals surface area contributed by atoms with Crippen LogP contribution in [0, 0.1) is 5.82 Å². The van der Waals surface area contributed by atoms with Crippen LogP contribution in [0.1, 0.15) is 53.3 Å². The Morgan fingerprint density at radius 1 is 0.900 bits per heavy atom. The average molecular weight is 597 g/mol. The zero-order valence-electron chi connectivity index (χ0n) is 20.0. The van der Waals surface area contributed by atoms with Crippen molar-refractivity contribution in [1.82, 2.24) is 15.0 Å². The van der Waals surface area contributed by atoms with E-state index < -0.39 is 56.0 Å². The smallest absolute Gasteiger partial charge is 0.435 e. The molecule has 0 bridgehead atoms. The molecule has 0 amide bonds. The highest BCUT2D eigenvalue weighted by Crippen LogP contribution is 2.54. The van der Waals surface area contributed by atoms with Gasteiger partial charge in [0.25, 0.3) is 0 Å². The van der Waals surface area contributed by atoms with Gasteiger partial charge in [-0.2, -0.15) is 26.3 Å². The summed E-state index contributed by atoms with van der Waals surface area (Å²) in [7, 11) is -4.46. The molecule has 3 aromatic rings. The van der Waals surface area contributed by atoms with Crippen molar-refractivity contribution in [3.63, 3.8) is 0 Å². The van der Waals surface area contributed by atoms with Gasteiger partial charge in [-0.1, -0.05) is 29.5 Å². The molecule has 1 aromatic heterocycles. The number of hydrogen-bond acceptors (Lipinski definition) is 5. The van der Waals surface area contributed by atoms with E-state index in [2.05, 4.69) is 10.3 Å². The standard InChI is InChI=1S/C24H19F8N3O4S/c25-16-5-7-18(8-6-16)40(38,39)21(11-9-17(10-12-21)35-13-19(20(36)37)33-34-35)14-1-3-15(4-2-14)22(26,23(27,28)29)24(30,31)32/h1-8,13,17H,9-12H2,(H,36,37). The summed E-state index contributed by atoms with van der Waals surface area (Å²) in [6.45, 7) is 0. The van der Waals surface area contributed by atoms with Crippen LogP contribution in [0.5, 0.6) is 0 Å². The number of carboxylic acid groups (broad SMARTS) is 1. The Hall–Kier alpha value is -3.56. The third-order valence-electron chi connectivity index (χ3n) is 7.09. The molecule has 0 radical (unpaired) electrons. The van der Waals surface area contributed by atoms with Crippen molar-refractivity contribution in [1.29, 1.82) is 0 Å². The second-order valence-corrected chi connectivity index (χ2v) is 11.6. The summed E-state index contributed by atoms with van der Waals surface area (Å²) in [6.07, 6.45) is -12.0. The van der Waals surface area contributed by atoms with Crippen LogP contribution >= 0.6 is 0 Å². The molecule has 4 rings (SSSR count). The summed E-state index contributed by atoms with van der Waals surface area (Å²) in [5.41, 5.74) is -8.04. The van der Waals surface area contributed by atoms with Gasteiger partial charge >= 0.3 is 24.0 Å². The Morgan fingerprint density at radius 2 is 1.43 bits per heavy atom. The molecule has 1 fully saturated rings. The first-order valence-electron chi connectivity index (χ1n) is 11.5. The number of rotatable bonds is 6. The van der Waals surface area contributed by atoms with Gasteiger partial charge in [-0.3, -0.25) is 0 Å². The molecular formula is C24H19F8N3O4S. The lowest BCUT2D eigenvalue weighted by atomic mass is 9.80. The van der Waals surface area contributed by atoms with Crippen LogP contribution in [-0.4, -0.2) is 46.8 Å². The van der Waals surface area contributed by atoms with Crippen LogP contribution in [0.3, 0.4) is 0 Å². The molecule has 0 spiro atoms. The van der Waals surface area contributed by atoms with Crippen LogP contribution in [0.25, 0.3) is 0 Å². The molecule has 0 saturated heterocycles. The SMILES string of the molecule is O=C(O)c1cn(C2CCC(c3ccc(C(F)(C(F)(F)F)C(F)(F)F)cc3)(S(=O)(=O)c3ccc(F)cc3)CC2)nn1. The molecule has 0 unspecified atom stereocenters. The van der Waals surface area contributed by atoms with Gasteiger partial charge in [0.2, 0.25) is 0 Å². The van der Waals surface area contributed by atoms with Crippen LogP contribution in [0.15, 0.2) is 59.6 Å². The largest absolute Gasteiger partial charge is 0.476 e. The van der Waals surface area contributed by atoms with Crippen LogP contribution in [0.2, 0.25) is 0 Å². The average Bonchev–Trinajstić information content (AvgIpc) is 3.38. The molecule has 1 heterocycles. The highest BCUT2D eigenvalue weighted by molar-refractivity contribution is 7.92. The number of nitrogens with zero attached hydrogens (tertiary/aromatic N) is 3. The van der Waals surface area contributed by atoms with E-state index in [0.29, 0.717) is 12.1 Å². The summed E-state index contributed by atoms with van der Waals surface area (Å²) in [4.78, 5) is 10.8. The summed E-state index contributed by atoms with van der Waals surface area (Å²) in [5.74, 6) is -2.10. The van der Waals surface area contributed by atoms with Crippen LogP contribution in [0.4, 0.5) is 35.1 Å². The van der Waals surface area contributed by atoms with E-state index in [1.807, 2.05) is 0 Å². The lowest BCUT2D eigenvalue weighted by molar-refractivity contribution is -0.348. The normalized spacial score (nSPS) is 20.9. The lowest BCUT2D eigenvalue weighted by Crippen LogP contribution is -2.50. The fourth-order valence-corrected chi connectivity index (χ4v) is 7.10. The Labute approximate surface area is 221 Å². The van der Waals surface area contributed by atoms with Gasteiger partial charge in [0, 0.05) is 5.56 Å². The quantitative estimate of drug-likeness (QED) is 0.281. The van der Waals surface area contributed by atoms with E-state index >= 15 is 0 Å².